The second-order valence-electron chi connectivity index (χ2n) is 7.68. The average Bonchev–Trinajstić information content (AvgIpc) is 3.08. The number of carbonyl (C=O) groups is 2. The third-order valence-electron chi connectivity index (χ3n) is 5.15. The minimum Gasteiger partial charge on any atom is -0.465 e. The molecule has 0 aliphatic carbocycles. The lowest BCUT2D eigenvalue weighted by Gasteiger charge is -2.09. The van der Waals surface area contributed by atoms with Crippen molar-refractivity contribution in [2.24, 2.45) is 0 Å². The van der Waals surface area contributed by atoms with Crippen molar-refractivity contribution in [2.75, 3.05) is 12.4 Å². The third kappa shape index (κ3) is 5.63. The molecule has 1 amide bonds. The van der Waals surface area contributed by atoms with E-state index in [9.17, 15) is 9.59 Å². The summed E-state index contributed by atoms with van der Waals surface area (Å²) in [5.74, 6) is -0.0976. The van der Waals surface area contributed by atoms with Gasteiger partial charge < -0.3 is 10.1 Å². The molecule has 3 aromatic rings. The van der Waals surface area contributed by atoms with Gasteiger partial charge in [0.25, 0.3) is 0 Å². The van der Waals surface area contributed by atoms with E-state index in [1.165, 1.54) is 24.0 Å². The molecule has 0 unspecified atom stereocenters. The first-order valence-corrected chi connectivity index (χ1v) is 11.8. The minimum atomic E-state index is -0.457. The molecule has 1 aromatic heterocycles. The normalized spacial score (nSPS) is 10.9. The van der Waals surface area contributed by atoms with Crippen molar-refractivity contribution in [1.29, 1.82) is 0 Å². The molecule has 3 rings (SSSR count). The Hall–Kier alpha value is -2.44. The number of thiophene rings is 1. The molecule has 0 aliphatic heterocycles. The van der Waals surface area contributed by atoms with Gasteiger partial charge in [0.1, 0.15) is 10.6 Å². The fourth-order valence-electron chi connectivity index (χ4n) is 3.41. The van der Waals surface area contributed by atoms with Crippen LogP contribution in [0.15, 0.2) is 53.0 Å². The van der Waals surface area contributed by atoms with Gasteiger partial charge in [0, 0.05) is 21.3 Å². The maximum Gasteiger partial charge on any atom is 0.341 e. The summed E-state index contributed by atoms with van der Waals surface area (Å²) >= 11 is 4.83. The van der Waals surface area contributed by atoms with E-state index in [1.54, 1.807) is 0 Å². The summed E-state index contributed by atoms with van der Waals surface area (Å²) in [7, 11) is 1.35. The van der Waals surface area contributed by atoms with E-state index in [2.05, 4.69) is 59.4 Å². The molecule has 2 aromatic carbocycles. The highest BCUT2D eigenvalue weighted by atomic mass is 79.9. The number of carbonyl (C=O) groups excluding carboxylic acids is 2. The van der Waals surface area contributed by atoms with Gasteiger partial charge in [-0.15, -0.1) is 11.3 Å². The number of hydrogen-bond donors (Lipinski definition) is 1. The van der Waals surface area contributed by atoms with Crippen LogP contribution in [-0.2, 0) is 16.0 Å². The second-order valence-corrected chi connectivity index (χ2v) is 9.82. The van der Waals surface area contributed by atoms with Gasteiger partial charge in [-0.05, 0) is 48.1 Å². The number of ether oxygens (including phenoxy) is 1. The highest BCUT2D eigenvalue weighted by Crippen LogP contribution is 2.40. The number of halogens is 1. The Morgan fingerprint density at radius 1 is 1.06 bits per heavy atom. The molecule has 0 saturated carbocycles. The number of amides is 1. The molecule has 1 N–H and O–H groups in total. The van der Waals surface area contributed by atoms with Crippen molar-refractivity contribution in [3.05, 3.63) is 74.6 Å². The number of hydrogen-bond acceptors (Lipinski definition) is 4. The largest absolute Gasteiger partial charge is 0.465 e. The molecule has 6 heteroatoms. The van der Waals surface area contributed by atoms with E-state index in [1.807, 2.05) is 31.2 Å². The Balaban J connectivity index is 1.78. The first kappa shape index (κ1) is 23.2. The SMILES string of the molecule is COC(=O)c1c(NC(=O)CCc2ccc(C(C)C)cc2)sc(C)c1-c1ccc(Br)cc1. The number of methoxy groups -OCH3 is 1. The van der Waals surface area contributed by atoms with Crippen LogP contribution in [-0.4, -0.2) is 19.0 Å². The van der Waals surface area contributed by atoms with Crippen LogP contribution in [0.5, 0.6) is 0 Å². The van der Waals surface area contributed by atoms with Gasteiger partial charge in [-0.25, -0.2) is 4.79 Å². The highest BCUT2D eigenvalue weighted by Gasteiger charge is 2.25. The molecule has 31 heavy (non-hydrogen) atoms. The lowest BCUT2D eigenvalue weighted by molar-refractivity contribution is -0.116. The summed E-state index contributed by atoms with van der Waals surface area (Å²) in [5, 5.41) is 3.47. The minimum absolute atomic E-state index is 0.123. The van der Waals surface area contributed by atoms with Gasteiger partial charge >= 0.3 is 5.97 Å². The third-order valence-corrected chi connectivity index (χ3v) is 6.70. The Morgan fingerprint density at radius 3 is 2.29 bits per heavy atom. The van der Waals surface area contributed by atoms with Gasteiger partial charge in [0.05, 0.1) is 7.11 Å². The zero-order valence-corrected chi connectivity index (χ0v) is 20.5. The van der Waals surface area contributed by atoms with Crippen LogP contribution in [0.2, 0.25) is 0 Å². The maximum atomic E-state index is 12.7. The number of aryl methyl sites for hydroxylation is 2. The number of esters is 1. The van der Waals surface area contributed by atoms with Crippen LogP contribution in [0.1, 0.15) is 52.5 Å². The molecule has 0 fully saturated rings. The molecule has 0 saturated heterocycles. The molecule has 0 aliphatic rings. The van der Waals surface area contributed by atoms with Crippen molar-refractivity contribution >= 4 is 44.1 Å². The van der Waals surface area contributed by atoms with E-state index >= 15 is 0 Å². The summed E-state index contributed by atoms with van der Waals surface area (Å²) in [6, 6.07) is 16.1. The van der Waals surface area contributed by atoms with Crippen molar-refractivity contribution in [1.82, 2.24) is 0 Å². The molecule has 0 spiro atoms. The van der Waals surface area contributed by atoms with Gasteiger partial charge in [-0.1, -0.05) is 66.2 Å². The van der Waals surface area contributed by atoms with Crippen molar-refractivity contribution < 1.29 is 14.3 Å². The lowest BCUT2D eigenvalue weighted by atomic mass is 10.00. The second kappa shape index (κ2) is 10.2. The monoisotopic (exact) mass is 499 g/mol. The number of benzene rings is 2. The topological polar surface area (TPSA) is 55.4 Å². The highest BCUT2D eigenvalue weighted by molar-refractivity contribution is 9.10. The number of nitrogens with one attached hydrogen (secondary N) is 1. The predicted molar refractivity (Wildman–Crippen MR) is 131 cm³/mol. The predicted octanol–water partition coefficient (Wildman–Crippen LogP) is 6.97. The van der Waals surface area contributed by atoms with Crippen LogP contribution < -0.4 is 5.32 Å². The van der Waals surface area contributed by atoms with Gasteiger partial charge in [0.15, 0.2) is 0 Å². The van der Waals surface area contributed by atoms with Crippen LogP contribution in [0.25, 0.3) is 11.1 Å². The zero-order valence-electron chi connectivity index (χ0n) is 18.1. The Bertz CT molecular complexity index is 1070. The van der Waals surface area contributed by atoms with E-state index in [0.717, 1.165) is 26.0 Å². The number of rotatable bonds is 7. The zero-order chi connectivity index (χ0) is 22.5. The van der Waals surface area contributed by atoms with Crippen LogP contribution in [0.4, 0.5) is 5.00 Å². The van der Waals surface area contributed by atoms with Crippen molar-refractivity contribution in [3.63, 3.8) is 0 Å². The Labute approximate surface area is 195 Å². The summed E-state index contributed by atoms with van der Waals surface area (Å²) < 4.78 is 5.98. The number of anilines is 1. The maximum absolute atomic E-state index is 12.7. The molecule has 0 bridgehead atoms. The molecule has 1 heterocycles. The molecule has 0 radical (unpaired) electrons. The molecule has 162 valence electrons. The quantitative estimate of drug-likeness (QED) is 0.357. The molecular formula is C25H26BrNO3S. The van der Waals surface area contributed by atoms with Crippen LogP contribution in [0, 0.1) is 6.92 Å². The molecular weight excluding hydrogens is 474 g/mol. The van der Waals surface area contributed by atoms with Crippen molar-refractivity contribution in [3.8, 4) is 11.1 Å². The summed E-state index contributed by atoms with van der Waals surface area (Å²) in [4.78, 5) is 26.2. The van der Waals surface area contributed by atoms with E-state index in [4.69, 9.17) is 4.74 Å². The summed E-state index contributed by atoms with van der Waals surface area (Å²) in [6.07, 6.45) is 0.980. The summed E-state index contributed by atoms with van der Waals surface area (Å²) in [5.41, 5.74) is 4.50. The van der Waals surface area contributed by atoms with Gasteiger partial charge in [0.2, 0.25) is 5.91 Å². The average molecular weight is 500 g/mol. The first-order chi connectivity index (χ1) is 14.8. The van der Waals surface area contributed by atoms with Crippen molar-refractivity contribution in [2.45, 2.75) is 39.5 Å². The van der Waals surface area contributed by atoms with E-state index in [-0.39, 0.29) is 5.91 Å². The summed E-state index contributed by atoms with van der Waals surface area (Å²) in [6.45, 7) is 6.26. The molecule has 4 nitrogen and oxygen atoms in total. The van der Waals surface area contributed by atoms with E-state index in [0.29, 0.717) is 29.3 Å². The molecule has 0 atom stereocenters. The van der Waals surface area contributed by atoms with Gasteiger partial charge in [-0.2, -0.15) is 0 Å². The Morgan fingerprint density at radius 2 is 1.71 bits per heavy atom. The van der Waals surface area contributed by atoms with E-state index < -0.39 is 5.97 Å². The standard InChI is InChI=1S/C25H26BrNO3S/c1-15(2)18-8-5-17(6-9-18)7-14-21(28)27-24-23(25(29)30-4)22(16(3)31-24)19-10-12-20(26)13-11-19/h5-6,8-13,15H,7,14H2,1-4H3,(H,27,28). The smallest absolute Gasteiger partial charge is 0.341 e. The lowest BCUT2D eigenvalue weighted by Crippen LogP contribution is -2.14. The fourth-order valence-corrected chi connectivity index (χ4v) is 4.75. The van der Waals surface area contributed by atoms with Crippen LogP contribution in [0.3, 0.4) is 0 Å². The first-order valence-electron chi connectivity index (χ1n) is 10.2. The van der Waals surface area contributed by atoms with Gasteiger partial charge in [-0.3, -0.25) is 4.79 Å². The fraction of sp³-hybridized carbons (Fsp3) is 0.280. The Kier molecular flexibility index (Phi) is 7.68. The van der Waals surface area contributed by atoms with Crippen LogP contribution >= 0.6 is 27.3 Å².